The van der Waals surface area contributed by atoms with Gasteiger partial charge in [0.2, 0.25) is 0 Å². The Morgan fingerprint density at radius 1 is 1.30 bits per heavy atom. The van der Waals surface area contributed by atoms with Crippen LogP contribution in [-0.4, -0.2) is 38.0 Å². The van der Waals surface area contributed by atoms with E-state index >= 15 is 0 Å². The third-order valence-corrected chi connectivity index (χ3v) is 6.58. The Hall–Kier alpha value is -3.30. The number of allylic oxidation sites excluding steroid dienone is 4. The third-order valence-electron chi connectivity index (χ3n) is 4.91. The summed E-state index contributed by atoms with van der Waals surface area (Å²) in [7, 11) is -2.93. The van der Waals surface area contributed by atoms with Crippen molar-refractivity contribution < 1.29 is 27.4 Å². The molecule has 10 heteroatoms. The highest BCUT2D eigenvalue weighted by atomic mass is 35.5. The molecule has 1 aliphatic rings. The van der Waals surface area contributed by atoms with Crippen molar-refractivity contribution in [3.8, 4) is 5.75 Å². The van der Waals surface area contributed by atoms with Gasteiger partial charge >= 0.3 is 0 Å². The Bertz CT molecular complexity index is 1290. The average Bonchev–Trinajstić information content (AvgIpc) is 2.76. The van der Waals surface area contributed by atoms with E-state index in [0.29, 0.717) is 22.5 Å². The van der Waals surface area contributed by atoms with Crippen LogP contribution in [0.2, 0.25) is 5.02 Å². The zero-order valence-corrected chi connectivity index (χ0v) is 19.5. The number of phenolic OH excluding ortho intramolecular Hbond substituents is 1. The molecule has 0 saturated heterocycles. The summed E-state index contributed by atoms with van der Waals surface area (Å²) in [6.45, 7) is 5.07. The van der Waals surface area contributed by atoms with Crippen LogP contribution in [0.3, 0.4) is 0 Å². The topological polar surface area (TPSA) is 95.9 Å². The van der Waals surface area contributed by atoms with Crippen LogP contribution in [0.1, 0.15) is 18.1 Å². The van der Waals surface area contributed by atoms with E-state index in [1.54, 1.807) is 19.1 Å². The number of rotatable bonds is 1. The van der Waals surface area contributed by atoms with Crippen LogP contribution < -0.4 is 4.72 Å². The van der Waals surface area contributed by atoms with Gasteiger partial charge in [0.05, 0.1) is 10.7 Å². The molecular formula is C23H22ClFN2O5S. The number of hydrogen-bond acceptors (Lipinski definition) is 5. The molecule has 1 aliphatic heterocycles. The molecule has 4 bridgehead atoms. The minimum atomic E-state index is -4.45. The van der Waals surface area contributed by atoms with Crippen molar-refractivity contribution in [1.29, 1.82) is 0 Å². The van der Waals surface area contributed by atoms with Crippen molar-refractivity contribution in [1.82, 2.24) is 4.90 Å². The van der Waals surface area contributed by atoms with Crippen molar-refractivity contribution in [2.45, 2.75) is 18.4 Å². The zero-order valence-electron chi connectivity index (χ0n) is 17.9. The van der Waals surface area contributed by atoms with E-state index in [4.69, 9.17) is 16.3 Å². The molecule has 0 aromatic heterocycles. The Kier molecular flexibility index (Phi) is 7.14. The number of aromatic hydroxyl groups is 1. The molecule has 174 valence electrons. The van der Waals surface area contributed by atoms with E-state index in [-0.39, 0.29) is 29.8 Å². The number of likely N-dealkylation sites (N-methyl/N-ethyl adjacent to an activating group) is 1. The summed E-state index contributed by atoms with van der Waals surface area (Å²) < 4.78 is 48.6. The van der Waals surface area contributed by atoms with Gasteiger partial charge < -0.3 is 14.7 Å². The van der Waals surface area contributed by atoms with E-state index in [9.17, 15) is 22.7 Å². The molecule has 0 aliphatic carbocycles. The van der Waals surface area contributed by atoms with Crippen LogP contribution in [0.4, 0.5) is 10.1 Å². The van der Waals surface area contributed by atoms with Gasteiger partial charge in [-0.05, 0) is 48.4 Å². The summed E-state index contributed by atoms with van der Waals surface area (Å²) in [5.74, 6) is -1.57. The number of carbonyl (C=O) groups excluding carboxylic acids is 1. The van der Waals surface area contributed by atoms with Crippen molar-refractivity contribution in [2.75, 3.05) is 18.4 Å². The van der Waals surface area contributed by atoms with Gasteiger partial charge in [-0.2, -0.15) is 0 Å². The monoisotopic (exact) mass is 492 g/mol. The molecular weight excluding hydrogens is 471 g/mol. The number of benzene rings is 2. The van der Waals surface area contributed by atoms with Crippen molar-refractivity contribution in [3.63, 3.8) is 0 Å². The lowest BCUT2D eigenvalue weighted by molar-refractivity contribution is -0.133. The van der Waals surface area contributed by atoms with Crippen molar-refractivity contribution >= 4 is 38.8 Å². The molecule has 0 fully saturated rings. The second-order valence-corrected chi connectivity index (χ2v) is 9.29. The summed E-state index contributed by atoms with van der Waals surface area (Å²) in [6, 6.07) is 6.34. The van der Waals surface area contributed by atoms with Gasteiger partial charge in [0.15, 0.2) is 12.4 Å². The number of halogens is 2. The number of fused-ring (bicyclic) bond motifs is 4. The van der Waals surface area contributed by atoms with Crippen molar-refractivity contribution in [2.24, 2.45) is 0 Å². The lowest BCUT2D eigenvalue weighted by atomic mass is 10.0. The predicted octanol–water partition coefficient (Wildman–Crippen LogP) is 4.45. The highest BCUT2D eigenvalue weighted by Gasteiger charge is 2.25. The lowest BCUT2D eigenvalue weighted by Gasteiger charge is -2.20. The van der Waals surface area contributed by atoms with Crippen LogP contribution in [0.5, 0.6) is 5.75 Å². The van der Waals surface area contributed by atoms with E-state index in [1.165, 1.54) is 42.3 Å². The molecule has 0 atom stereocenters. The maximum absolute atomic E-state index is 14.6. The fourth-order valence-electron chi connectivity index (χ4n) is 3.26. The Labute approximate surface area is 196 Å². The zero-order chi connectivity index (χ0) is 24.3. The summed E-state index contributed by atoms with van der Waals surface area (Å²) in [5, 5.41) is 10.1. The lowest BCUT2D eigenvalue weighted by Crippen LogP contribution is -2.30. The van der Waals surface area contributed by atoms with Gasteiger partial charge in [0.1, 0.15) is 16.5 Å². The van der Waals surface area contributed by atoms with Crippen LogP contribution in [0, 0.1) is 5.82 Å². The molecule has 2 aromatic carbocycles. The fourth-order valence-corrected chi connectivity index (χ4v) is 4.79. The van der Waals surface area contributed by atoms with E-state index < -0.39 is 26.5 Å². The van der Waals surface area contributed by atoms with Crippen LogP contribution in [-0.2, 0) is 26.1 Å². The van der Waals surface area contributed by atoms with Crippen LogP contribution in [0.15, 0.2) is 65.8 Å². The third kappa shape index (κ3) is 5.20. The number of anilines is 1. The number of carbonyl (C=O) groups is 1. The average molecular weight is 493 g/mol. The van der Waals surface area contributed by atoms with Crippen LogP contribution in [0.25, 0.3) is 5.57 Å². The number of amides is 1. The molecule has 33 heavy (non-hydrogen) atoms. The number of hydrogen-bond donors (Lipinski definition) is 2. The smallest absolute Gasteiger partial charge is 0.265 e. The number of nitrogens with one attached hydrogen (secondary N) is 1. The first-order valence-corrected chi connectivity index (χ1v) is 11.6. The molecule has 2 aromatic rings. The maximum atomic E-state index is 14.6. The minimum absolute atomic E-state index is 0.00659. The highest BCUT2D eigenvalue weighted by molar-refractivity contribution is 7.92. The SMILES string of the molecule is C=C/C=C1\C(=C/C)OCC(=O)N(C)Cc2cc(Cl)c(O)c(c2)S(=O)(=O)Nc2cc1ccc2F. The first-order chi connectivity index (χ1) is 15.6. The molecule has 0 saturated carbocycles. The Balaban J connectivity index is 2.25. The van der Waals surface area contributed by atoms with Gasteiger partial charge in [-0.15, -0.1) is 0 Å². The molecule has 0 spiro atoms. The summed E-state index contributed by atoms with van der Waals surface area (Å²) >= 11 is 6.04. The largest absolute Gasteiger partial charge is 0.505 e. The number of ether oxygens (including phenoxy) is 1. The molecule has 1 heterocycles. The minimum Gasteiger partial charge on any atom is -0.505 e. The standard InChI is InChI=1S/C23H22ClFN2O5S/c1-4-6-16-15-7-8-18(25)19(11-15)26-33(30,31)21-10-14(9-17(24)23(21)29)12-27(3)22(28)13-32-20(16)5-2/h4-11,26,29H,1,12-13H2,2-3H3/b16-6-,20-5+. The first kappa shape index (κ1) is 24.3. The second-order valence-electron chi connectivity index (χ2n) is 7.23. The number of nitrogens with zero attached hydrogens (tertiary/aromatic N) is 1. The summed E-state index contributed by atoms with van der Waals surface area (Å²) in [6.07, 6.45) is 4.72. The molecule has 2 N–H and O–H groups in total. The number of phenols is 1. The van der Waals surface area contributed by atoms with Crippen molar-refractivity contribution in [3.05, 3.63) is 82.9 Å². The summed E-state index contributed by atoms with van der Waals surface area (Å²) in [4.78, 5) is 13.4. The van der Waals surface area contributed by atoms with Gasteiger partial charge in [-0.3, -0.25) is 9.52 Å². The fraction of sp³-hybridized carbons (Fsp3) is 0.174. The maximum Gasteiger partial charge on any atom is 0.265 e. The van der Waals surface area contributed by atoms with Gasteiger partial charge in [0, 0.05) is 19.2 Å². The second kappa shape index (κ2) is 9.68. The normalized spacial score (nSPS) is 18.8. The highest BCUT2D eigenvalue weighted by Crippen LogP contribution is 2.35. The van der Waals surface area contributed by atoms with E-state index in [0.717, 1.165) is 6.07 Å². The van der Waals surface area contributed by atoms with Gasteiger partial charge in [-0.1, -0.05) is 36.4 Å². The van der Waals surface area contributed by atoms with E-state index in [1.807, 2.05) is 0 Å². The quantitative estimate of drug-likeness (QED) is 0.613. The van der Waals surface area contributed by atoms with Gasteiger partial charge in [0.25, 0.3) is 15.9 Å². The number of sulfonamides is 1. The predicted molar refractivity (Wildman–Crippen MR) is 125 cm³/mol. The molecule has 0 unspecified atom stereocenters. The van der Waals surface area contributed by atoms with E-state index in [2.05, 4.69) is 11.3 Å². The molecule has 3 rings (SSSR count). The first-order valence-electron chi connectivity index (χ1n) is 9.77. The van der Waals surface area contributed by atoms with Crippen LogP contribution >= 0.6 is 11.6 Å². The Morgan fingerprint density at radius 2 is 2.03 bits per heavy atom. The molecule has 1 amide bonds. The molecule has 0 radical (unpaired) electrons. The van der Waals surface area contributed by atoms with Gasteiger partial charge in [-0.25, -0.2) is 12.8 Å². The molecule has 7 nitrogen and oxygen atoms in total. The summed E-state index contributed by atoms with van der Waals surface area (Å²) in [5.41, 5.74) is 0.872. The Morgan fingerprint density at radius 3 is 2.70 bits per heavy atom.